The highest BCUT2D eigenvalue weighted by molar-refractivity contribution is 5.99. The molecule has 0 atom stereocenters. The van der Waals surface area contributed by atoms with Crippen molar-refractivity contribution in [3.8, 4) is 0 Å². The summed E-state index contributed by atoms with van der Waals surface area (Å²) >= 11 is 0. The van der Waals surface area contributed by atoms with Gasteiger partial charge >= 0.3 is 0 Å². The lowest BCUT2D eigenvalue weighted by molar-refractivity contribution is 0.0796. The molecule has 88 valence electrons. The van der Waals surface area contributed by atoms with Crippen molar-refractivity contribution in [3.63, 3.8) is 0 Å². The molecule has 0 spiro atoms. The number of hydrazine groups is 1. The lowest BCUT2D eigenvalue weighted by atomic mass is 10.1. The Morgan fingerprint density at radius 3 is 2.75 bits per heavy atom. The Kier molecular flexibility index (Phi) is 4.31. The summed E-state index contributed by atoms with van der Waals surface area (Å²) in [7, 11) is 1.80. The van der Waals surface area contributed by atoms with Crippen molar-refractivity contribution in [3.05, 3.63) is 29.3 Å². The Labute approximate surface area is 96.4 Å². The molecule has 0 aliphatic rings. The van der Waals surface area contributed by atoms with Gasteiger partial charge in [0.1, 0.15) is 0 Å². The zero-order valence-corrected chi connectivity index (χ0v) is 10.1. The molecule has 0 unspecified atom stereocenters. The number of aryl methyl sites for hydroxylation is 1. The van der Waals surface area contributed by atoms with Gasteiger partial charge in [0, 0.05) is 13.6 Å². The van der Waals surface area contributed by atoms with E-state index in [-0.39, 0.29) is 5.91 Å². The molecular formula is C12H19N3O. The van der Waals surface area contributed by atoms with Crippen LogP contribution in [0.3, 0.4) is 0 Å². The first-order valence-electron chi connectivity index (χ1n) is 5.42. The summed E-state index contributed by atoms with van der Waals surface area (Å²) in [5.74, 6) is 5.41. The third-order valence-electron chi connectivity index (χ3n) is 2.47. The van der Waals surface area contributed by atoms with Crippen LogP contribution in [0.15, 0.2) is 18.2 Å². The molecule has 1 aromatic rings. The molecule has 0 aliphatic carbocycles. The van der Waals surface area contributed by atoms with Gasteiger partial charge in [-0.25, -0.2) is 0 Å². The van der Waals surface area contributed by atoms with Crippen molar-refractivity contribution >= 4 is 11.6 Å². The molecule has 1 amide bonds. The predicted molar refractivity (Wildman–Crippen MR) is 66.2 cm³/mol. The van der Waals surface area contributed by atoms with Gasteiger partial charge in [0.15, 0.2) is 0 Å². The summed E-state index contributed by atoms with van der Waals surface area (Å²) in [5.41, 5.74) is 4.93. The minimum Gasteiger partial charge on any atom is -0.342 e. The summed E-state index contributed by atoms with van der Waals surface area (Å²) < 4.78 is 0. The van der Waals surface area contributed by atoms with Crippen LogP contribution in [0.25, 0.3) is 0 Å². The van der Waals surface area contributed by atoms with E-state index in [0.29, 0.717) is 11.3 Å². The highest BCUT2D eigenvalue weighted by atomic mass is 16.2. The summed E-state index contributed by atoms with van der Waals surface area (Å²) in [6.45, 7) is 4.75. The number of nitrogen functional groups attached to an aromatic ring is 1. The van der Waals surface area contributed by atoms with Crippen LogP contribution in [0.1, 0.15) is 29.3 Å². The molecule has 0 bridgehead atoms. The number of anilines is 1. The van der Waals surface area contributed by atoms with Crippen molar-refractivity contribution in [2.24, 2.45) is 5.84 Å². The van der Waals surface area contributed by atoms with Gasteiger partial charge in [-0.2, -0.15) is 0 Å². The van der Waals surface area contributed by atoms with E-state index in [1.807, 2.05) is 26.0 Å². The lowest BCUT2D eigenvalue weighted by Gasteiger charge is -2.18. The molecule has 0 fully saturated rings. The Morgan fingerprint density at radius 2 is 2.19 bits per heavy atom. The molecule has 1 rings (SSSR count). The van der Waals surface area contributed by atoms with E-state index in [2.05, 4.69) is 5.43 Å². The van der Waals surface area contributed by atoms with Gasteiger partial charge in [-0.1, -0.05) is 13.0 Å². The molecule has 0 radical (unpaired) electrons. The monoisotopic (exact) mass is 221 g/mol. The minimum absolute atomic E-state index is 0.00481. The van der Waals surface area contributed by atoms with Gasteiger partial charge < -0.3 is 10.3 Å². The third-order valence-corrected chi connectivity index (χ3v) is 2.47. The molecule has 4 heteroatoms. The van der Waals surface area contributed by atoms with E-state index in [0.717, 1.165) is 18.5 Å². The molecule has 0 aromatic heterocycles. The van der Waals surface area contributed by atoms with Gasteiger partial charge in [0.05, 0.1) is 11.3 Å². The molecule has 0 saturated carbocycles. The zero-order chi connectivity index (χ0) is 12.1. The van der Waals surface area contributed by atoms with Crippen LogP contribution in [0.5, 0.6) is 0 Å². The average molecular weight is 221 g/mol. The third kappa shape index (κ3) is 2.73. The van der Waals surface area contributed by atoms with Gasteiger partial charge in [0.25, 0.3) is 5.91 Å². The fraction of sp³-hybridized carbons (Fsp3) is 0.417. The normalized spacial score (nSPS) is 10.0. The second-order valence-corrected chi connectivity index (χ2v) is 3.92. The molecule has 1 aromatic carbocycles. The van der Waals surface area contributed by atoms with Gasteiger partial charge in [-0.15, -0.1) is 0 Å². The predicted octanol–water partition coefficient (Wildman–Crippen LogP) is 1.76. The maximum atomic E-state index is 12.1. The van der Waals surface area contributed by atoms with Crippen molar-refractivity contribution in [1.82, 2.24) is 4.90 Å². The van der Waals surface area contributed by atoms with Crippen molar-refractivity contribution < 1.29 is 4.79 Å². The van der Waals surface area contributed by atoms with Crippen molar-refractivity contribution in [2.75, 3.05) is 19.0 Å². The average Bonchev–Trinajstić information content (AvgIpc) is 2.28. The molecule has 16 heavy (non-hydrogen) atoms. The molecule has 4 nitrogen and oxygen atoms in total. The van der Waals surface area contributed by atoms with Crippen LogP contribution in [0, 0.1) is 6.92 Å². The highest BCUT2D eigenvalue weighted by Crippen LogP contribution is 2.18. The number of hydrogen-bond acceptors (Lipinski definition) is 3. The number of nitrogens with two attached hydrogens (primary N) is 1. The Balaban J connectivity index is 2.98. The number of amides is 1. The van der Waals surface area contributed by atoms with Crippen LogP contribution in [-0.4, -0.2) is 24.4 Å². The number of hydrogen-bond donors (Lipinski definition) is 2. The van der Waals surface area contributed by atoms with Crippen LogP contribution >= 0.6 is 0 Å². The smallest absolute Gasteiger partial charge is 0.255 e. The molecular weight excluding hydrogens is 202 g/mol. The van der Waals surface area contributed by atoms with E-state index >= 15 is 0 Å². The van der Waals surface area contributed by atoms with E-state index in [4.69, 9.17) is 5.84 Å². The Bertz CT molecular complexity index is 377. The van der Waals surface area contributed by atoms with E-state index < -0.39 is 0 Å². The zero-order valence-electron chi connectivity index (χ0n) is 10.1. The van der Waals surface area contributed by atoms with Gasteiger partial charge in [0.2, 0.25) is 0 Å². The van der Waals surface area contributed by atoms with Crippen LogP contribution < -0.4 is 11.3 Å². The minimum atomic E-state index is -0.00481. The largest absolute Gasteiger partial charge is 0.342 e. The number of nitrogens with one attached hydrogen (secondary N) is 1. The Hall–Kier alpha value is -1.55. The number of rotatable bonds is 4. The Morgan fingerprint density at radius 1 is 1.50 bits per heavy atom. The fourth-order valence-electron chi connectivity index (χ4n) is 1.61. The van der Waals surface area contributed by atoms with Crippen LogP contribution in [-0.2, 0) is 0 Å². The van der Waals surface area contributed by atoms with E-state index in [1.54, 1.807) is 18.0 Å². The topological polar surface area (TPSA) is 58.4 Å². The quantitative estimate of drug-likeness (QED) is 0.601. The SMILES string of the molecule is CCCN(C)C(=O)c1ccc(C)cc1NN. The first-order chi connectivity index (χ1) is 7.60. The molecule has 0 saturated heterocycles. The first kappa shape index (κ1) is 12.5. The maximum absolute atomic E-state index is 12.1. The van der Waals surface area contributed by atoms with Crippen molar-refractivity contribution in [2.45, 2.75) is 20.3 Å². The lowest BCUT2D eigenvalue weighted by Crippen LogP contribution is -2.28. The molecule has 0 aliphatic heterocycles. The summed E-state index contributed by atoms with van der Waals surface area (Å²) in [4.78, 5) is 13.8. The second-order valence-electron chi connectivity index (χ2n) is 3.92. The highest BCUT2D eigenvalue weighted by Gasteiger charge is 2.14. The second kappa shape index (κ2) is 5.51. The number of benzene rings is 1. The standard InChI is InChI=1S/C12H19N3O/c1-4-7-15(3)12(16)10-6-5-9(2)8-11(10)14-13/h5-6,8,14H,4,7,13H2,1-3H3. The van der Waals surface area contributed by atoms with Gasteiger partial charge in [-0.05, 0) is 31.0 Å². The van der Waals surface area contributed by atoms with Crippen molar-refractivity contribution in [1.29, 1.82) is 0 Å². The van der Waals surface area contributed by atoms with Crippen LogP contribution in [0.2, 0.25) is 0 Å². The van der Waals surface area contributed by atoms with E-state index in [9.17, 15) is 4.79 Å². The van der Waals surface area contributed by atoms with E-state index in [1.165, 1.54) is 0 Å². The number of carbonyl (C=O) groups is 1. The summed E-state index contributed by atoms with van der Waals surface area (Å²) in [6, 6.07) is 5.58. The first-order valence-corrected chi connectivity index (χ1v) is 5.42. The molecule has 0 heterocycles. The number of carbonyl (C=O) groups excluding carboxylic acids is 1. The number of nitrogens with zero attached hydrogens (tertiary/aromatic N) is 1. The maximum Gasteiger partial charge on any atom is 0.255 e. The molecule has 3 N–H and O–H groups in total. The summed E-state index contributed by atoms with van der Waals surface area (Å²) in [6.07, 6.45) is 0.944. The summed E-state index contributed by atoms with van der Waals surface area (Å²) in [5, 5.41) is 0. The van der Waals surface area contributed by atoms with Crippen LogP contribution in [0.4, 0.5) is 5.69 Å². The fourth-order valence-corrected chi connectivity index (χ4v) is 1.61. The van der Waals surface area contributed by atoms with Gasteiger partial charge in [-0.3, -0.25) is 10.6 Å².